The number of methoxy groups -OCH3 is 1. The Morgan fingerprint density at radius 3 is 3.00 bits per heavy atom. The number of pyridine rings is 1. The largest absolute Gasteiger partial charge is 0.383 e. The zero-order valence-corrected chi connectivity index (χ0v) is 10.3. The molecule has 0 unspecified atom stereocenters. The first kappa shape index (κ1) is 11.7. The molecule has 3 nitrogen and oxygen atoms in total. The Morgan fingerprint density at radius 1 is 1.56 bits per heavy atom. The van der Waals surface area contributed by atoms with Crippen LogP contribution in [0.1, 0.15) is 18.4 Å². The van der Waals surface area contributed by atoms with Gasteiger partial charge in [-0.25, -0.2) is 0 Å². The van der Waals surface area contributed by atoms with Crippen LogP contribution >= 0.6 is 11.6 Å². The van der Waals surface area contributed by atoms with Crippen molar-refractivity contribution < 1.29 is 4.74 Å². The van der Waals surface area contributed by atoms with Gasteiger partial charge in [-0.2, -0.15) is 0 Å². The first-order valence-corrected chi connectivity index (χ1v) is 6.14. The van der Waals surface area contributed by atoms with Crippen LogP contribution in [0.2, 0.25) is 0 Å². The van der Waals surface area contributed by atoms with Crippen LogP contribution in [-0.4, -0.2) is 31.3 Å². The Labute approximate surface area is 101 Å². The van der Waals surface area contributed by atoms with Gasteiger partial charge in [-0.15, -0.1) is 11.6 Å². The molecule has 0 N–H and O–H groups in total. The molecule has 1 saturated carbocycles. The Balaban J connectivity index is 2.16. The van der Waals surface area contributed by atoms with E-state index in [9.17, 15) is 0 Å². The van der Waals surface area contributed by atoms with Crippen molar-refractivity contribution in [2.75, 3.05) is 25.2 Å². The molecule has 1 aromatic rings. The van der Waals surface area contributed by atoms with Crippen LogP contribution in [0.3, 0.4) is 0 Å². The zero-order chi connectivity index (χ0) is 11.4. The van der Waals surface area contributed by atoms with Gasteiger partial charge in [0.25, 0.3) is 0 Å². The molecule has 1 aliphatic carbocycles. The minimum Gasteiger partial charge on any atom is -0.383 e. The molecule has 0 saturated heterocycles. The summed E-state index contributed by atoms with van der Waals surface area (Å²) in [6.45, 7) is 1.68. The van der Waals surface area contributed by atoms with Crippen molar-refractivity contribution in [3.8, 4) is 0 Å². The number of anilines is 1. The third kappa shape index (κ3) is 2.66. The SMILES string of the molecule is COCCN(c1ccncc1CCl)C1CC1. The fraction of sp³-hybridized carbons (Fsp3) is 0.583. The summed E-state index contributed by atoms with van der Waals surface area (Å²) in [5, 5.41) is 0. The normalized spacial score (nSPS) is 15.1. The number of alkyl halides is 1. The van der Waals surface area contributed by atoms with Crippen molar-refractivity contribution in [3.05, 3.63) is 24.0 Å². The Morgan fingerprint density at radius 2 is 2.38 bits per heavy atom. The van der Waals surface area contributed by atoms with Gasteiger partial charge in [-0.05, 0) is 18.9 Å². The molecule has 88 valence electrons. The average molecular weight is 241 g/mol. The van der Waals surface area contributed by atoms with Crippen LogP contribution in [-0.2, 0) is 10.6 Å². The van der Waals surface area contributed by atoms with Crippen LogP contribution in [0.15, 0.2) is 18.5 Å². The number of hydrogen-bond donors (Lipinski definition) is 0. The standard InChI is InChI=1S/C12H17ClN2O/c1-16-7-6-15(11-2-3-11)12-4-5-14-9-10(12)8-13/h4-5,9,11H,2-3,6-8H2,1H3. The number of nitrogens with zero attached hydrogens (tertiary/aromatic N) is 2. The molecule has 1 fully saturated rings. The molecule has 0 radical (unpaired) electrons. The van der Waals surface area contributed by atoms with Crippen molar-refractivity contribution in [1.82, 2.24) is 4.98 Å². The van der Waals surface area contributed by atoms with Crippen LogP contribution in [0.5, 0.6) is 0 Å². The van der Waals surface area contributed by atoms with Crippen molar-refractivity contribution in [2.45, 2.75) is 24.8 Å². The van der Waals surface area contributed by atoms with Gasteiger partial charge in [0.2, 0.25) is 0 Å². The highest BCUT2D eigenvalue weighted by atomic mass is 35.5. The lowest BCUT2D eigenvalue weighted by molar-refractivity contribution is 0.205. The molecule has 0 spiro atoms. The van der Waals surface area contributed by atoms with Crippen LogP contribution in [0.25, 0.3) is 0 Å². The van der Waals surface area contributed by atoms with Gasteiger partial charge in [-0.3, -0.25) is 4.98 Å². The van der Waals surface area contributed by atoms with Gasteiger partial charge >= 0.3 is 0 Å². The van der Waals surface area contributed by atoms with Gasteiger partial charge in [0.1, 0.15) is 0 Å². The number of rotatable bonds is 6. The van der Waals surface area contributed by atoms with E-state index in [1.165, 1.54) is 18.5 Å². The minimum absolute atomic E-state index is 0.513. The van der Waals surface area contributed by atoms with Crippen LogP contribution < -0.4 is 4.90 Å². The van der Waals surface area contributed by atoms with Crippen molar-refractivity contribution >= 4 is 17.3 Å². The first-order chi connectivity index (χ1) is 7.86. The van der Waals surface area contributed by atoms with E-state index in [4.69, 9.17) is 16.3 Å². The molecule has 0 aliphatic heterocycles. The van der Waals surface area contributed by atoms with Crippen molar-refractivity contribution in [2.24, 2.45) is 0 Å². The van der Waals surface area contributed by atoms with E-state index >= 15 is 0 Å². The summed E-state index contributed by atoms with van der Waals surface area (Å²) >= 11 is 5.94. The second-order valence-electron chi connectivity index (χ2n) is 4.06. The Hall–Kier alpha value is -0.800. The number of aromatic nitrogens is 1. The number of halogens is 1. The molecule has 0 bridgehead atoms. The van der Waals surface area contributed by atoms with Gasteiger partial charge in [0.15, 0.2) is 0 Å². The quantitative estimate of drug-likeness (QED) is 0.715. The monoisotopic (exact) mass is 240 g/mol. The molecule has 0 aromatic carbocycles. The smallest absolute Gasteiger partial charge is 0.0637 e. The third-order valence-corrected chi connectivity index (χ3v) is 3.14. The third-order valence-electron chi connectivity index (χ3n) is 2.86. The number of hydrogen-bond acceptors (Lipinski definition) is 3. The van der Waals surface area contributed by atoms with E-state index in [1.54, 1.807) is 7.11 Å². The van der Waals surface area contributed by atoms with Crippen LogP contribution in [0.4, 0.5) is 5.69 Å². The van der Waals surface area contributed by atoms with E-state index in [2.05, 4.69) is 9.88 Å². The fourth-order valence-electron chi connectivity index (χ4n) is 1.88. The lowest BCUT2D eigenvalue weighted by atomic mass is 10.2. The molecule has 1 aliphatic rings. The zero-order valence-electron chi connectivity index (χ0n) is 9.53. The van der Waals surface area contributed by atoms with Gasteiger partial charge in [0, 0.05) is 43.3 Å². The molecule has 16 heavy (non-hydrogen) atoms. The van der Waals surface area contributed by atoms with Gasteiger partial charge in [0.05, 0.1) is 12.5 Å². The highest BCUT2D eigenvalue weighted by Crippen LogP contribution is 2.33. The fourth-order valence-corrected chi connectivity index (χ4v) is 2.08. The van der Waals surface area contributed by atoms with E-state index in [-0.39, 0.29) is 0 Å². The van der Waals surface area contributed by atoms with E-state index in [0.29, 0.717) is 11.9 Å². The Kier molecular flexibility index (Phi) is 4.02. The summed E-state index contributed by atoms with van der Waals surface area (Å²) in [5.41, 5.74) is 2.32. The molecule has 0 amide bonds. The predicted octanol–water partition coefficient (Wildman–Crippen LogP) is 2.44. The average Bonchev–Trinajstić information content (AvgIpc) is 3.14. The molecular weight excluding hydrogens is 224 g/mol. The maximum atomic E-state index is 5.94. The summed E-state index contributed by atoms with van der Waals surface area (Å²) in [6.07, 6.45) is 6.22. The topological polar surface area (TPSA) is 25.4 Å². The summed E-state index contributed by atoms with van der Waals surface area (Å²) in [7, 11) is 1.74. The highest BCUT2D eigenvalue weighted by molar-refractivity contribution is 6.17. The second-order valence-corrected chi connectivity index (χ2v) is 4.32. The Bertz CT molecular complexity index is 342. The van der Waals surface area contributed by atoms with Crippen molar-refractivity contribution in [1.29, 1.82) is 0 Å². The molecule has 0 atom stereocenters. The summed E-state index contributed by atoms with van der Waals surface area (Å²) < 4.78 is 5.15. The lowest BCUT2D eigenvalue weighted by Gasteiger charge is -2.26. The van der Waals surface area contributed by atoms with E-state index < -0.39 is 0 Å². The molecule has 1 aromatic heterocycles. The van der Waals surface area contributed by atoms with Gasteiger partial charge < -0.3 is 9.64 Å². The molecule has 1 heterocycles. The number of ether oxygens (including phenoxy) is 1. The second kappa shape index (κ2) is 5.51. The maximum absolute atomic E-state index is 5.94. The van der Waals surface area contributed by atoms with Gasteiger partial charge in [-0.1, -0.05) is 0 Å². The molecule has 4 heteroatoms. The summed E-state index contributed by atoms with van der Waals surface area (Å²) in [5.74, 6) is 0.513. The first-order valence-electron chi connectivity index (χ1n) is 5.61. The van der Waals surface area contributed by atoms with E-state index in [0.717, 1.165) is 18.7 Å². The highest BCUT2D eigenvalue weighted by Gasteiger charge is 2.29. The van der Waals surface area contributed by atoms with Crippen molar-refractivity contribution in [3.63, 3.8) is 0 Å². The summed E-state index contributed by atoms with van der Waals surface area (Å²) in [4.78, 5) is 6.51. The molecule has 2 rings (SSSR count). The van der Waals surface area contributed by atoms with E-state index in [1.807, 2.05) is 18.5 Å². The maximum Gasteiger partial charge on any atom is 0.0637 e. The summed E-state index contributed by atoms with van der Waals surface area (Å²) in [6, 6.07) is 2.71. The lowest BCUT2D eigenvalue weighted by Crippen LogP contribution is -2.30. The van der Waals surface area contributed by atoms with Crippen LogP contribution in [0, 0.1) is 0 Å². The predicted molar refractivity (Wildman–Crippen MR) is 66.0 cm³/mol. The minimum atomic E-state index is 0.513. The molecular formula is C12H17ClN2O.